The zero-order chi connectivity index (χ0) is 17.7. The molecule has 0 bridgehead atoms. The van der Waals surface area contributed by atoms with Crippen LogP contribution in [0.25, 0.3) is 32.3 Å². The first-order valence-electron chi connectivity index (χ1n) is 8.00. The number of furan rings is 1. The summed E-state index contributed by atoms with van der Waals surface area (Å²) < 4.78 is 6.60. The third kappa shape index (κ3) is 2.26. The number of hydrogen-bond donors (Lipinski definition) is 1. The van der Waals surface area contributed by atoms with E-state index in [2.05, 4.69) is 19.9 Å². The third-order valence-electron chi connectivity index (χ3n) is 4.25. The van der Waals surface area contributed by atoms with E-state index >= 15 is 0 Å². The molecule has 5 aromatic rings. The molecule has 0 amide bonds. The fraction of sp³-hybridized carbons (Fsp3) is 0.111. The van der Waals surface area contributed by atoms with Crippen LogP contribution in [0.3, 0.4) is 0 Å². The molecule has 0 radical (unpaired) electrons. The predicted molar refractivity (Wildman–Crippen MR) is 102 cm³/mol. The highest BCUT2D eigenvalue weighted by atomic mass is 32.1. The van der Waals surface area contributed by atoms with Crippen molar-refractivity contribution >= 4 is 49.4 Å². The molecule has 0 aliphatic heterocycles. The standard InChI is InChI=1S/C18H13N5O2S/c1-23(8-13-21-11-6-7-26-16(11)18(24)22-13)17-15-14(19-9-20-17)10-4-2-3-5-12(10)25-15/h2-7,9H,8H2,1H3,(H,21,22,24). The number of aromatic amines is 1. The highest BCUT2D eigenvalue weighted by molar-refractivity contribution is 7.17. The van der Waals surface area contributed by atoms with E-state index in [1.807, 2.05) is 47.7 Å². The number of nitrogens with one attached hydrogen (secondary N) is 1. The van der Waals surface area contributed by atoms with Crippen LogP contribution in [-0.4, -0.2) is 27.0 Å². The first-order valence-corrected chi connectivity index (χ1v) is 8.88. The van der Waals surface area contributed by atoms with Crippen molar-refractivity contribution in [3.8, 4) is 0 Å². The highest BCUT2D eigenvalue weighted by Crippen LogP contribution is 2.31. The molecule has 0 fully saturated rings. The van der Waals surface area contributed by atoms with Crippen LogP contribution in [0.5, 0.6) is 0 Å². The van der Waals surface area contributed by atoms with Crippen LogP contribution in [0.2, 0.25) is 0 Å². The molecule has 0 aliphatic carbocycles. The number of anilines is 1. The van der Waals surface area contributed by atoms with Crippen molar-refractivity contribution in [2.45, 2.75) is 6.54 Å². The molecule has 7 nitrogen and oxygen atoms in total. The maximum atomic E-state index is 12.2. The second-order valence-electron chi connectivity index (χ2n) is 5.98. The summed E-state index contributed by atoms with van der Waals surface area (Å²) >= 11 is 1.39. The maximum absolute atomic E-state index is 12.2. The van der Waals surface area contributed by atoms with Gasteiger partial charge in [0.2, 0.25) is 0 Å². The van der Waals surface area contributed by atoms with E-state index in [1.165, 1.54) is 17.7 Å². The lowest BCUT2D eigenvalue weighted by atomic mass is 10.2. The number of hydrogen-bond acceptors (Lipinski definition) is 7. The Kier molecular flexibility index (Phi) is 3.26. The largest absolute Gasteiger partial charge is 0.450 e. The third-order valence-corrected chi connectivity index (χ3v) is 5.15. The van der Waals surface area contributed by atoms with Gasteiger partial charge in [-0.15, -0.1) is 11.3 Å². The van der Waals surface area contributed by atoms with Gasteiger partial charge in [0.1, 0.15) is 28.0 Å². The molecule has 0 unspecified atom stereocenters. The van der Waals surface area contributed by atoms with Crippen molar-refractivity contribution in [2.24, 2.45) is 0 Å². The SMILES string of the molecule is CN(Cc1nc2ccsc2c(=O)[nH]1)c1ncnc2c1oc1ccccc12. The van der Waals surface area contributed by atoms with Crippen molar-refractivity contribution in [2.75, 3.05) is 11.9 Å². The number of thiophene rings is 1. The van der Waals surface area contributed by atoms with Crippen molar-refractivity contribution in [3.05, 3.63) is 58.2 Å². The molecule has 0 aliphatic rings. The molecule has 0 spiro atoms. The summed E-state index contributed by atoms with van der Waals surface area (Å²) in [7, 11) is 1.88. The van der Waals surface area contributed by atoms with E-state index in [-0.39, 0.29) is 5.56 Å². The summed E-state index contributed by atoms with van der Waals surface area (Å²) in [5.74, 6) is 1.23. The van der Waals surface area contributed by atoms with E-state index in [0.717, 1.165) is 16.5 Å². The Morgan fingerprint density at radius 1 is 1.23 bits per heavy atom. The van der Waals surface area contributed by atoms with Gasteiger partial charge in [0.15, 0.2) is 11.4 Å². The van der Waals surface area contributed by atoms with Crippen molar-refractivity contribution < 1.29 is 4.42 Å². The van der Waals surface area contributed by atoms with Crippen LogP contribution >= 0.6 is 11.3 Å². The summed E-state index contributed by atoms with van der Waals surface area (Å²) in [6.07, 6.45) is 1.52. The molecular weight excluding hydrogens is 350 g/mol. The Hall–Kier alpha value is -3.26. The highest BCUT2D eigenvalue weighted by Gasteiger charge is 2.17. The zero-order valence-corrected chi connectivity index (χ0v) is 14.6. The van der Waals surface area contributed by atoms with Gasteiger partial charge in [-0.3, -0.25) is 4.79 Å². The molecule has 4 aromatic heterocycles. The van der Waals surface area contributed by atoms with E-state index < -0.39 is 0 Å². The summed E-state index contributed by atoms with van der Waals surface area (Å²) in [4.78, 5) is 30.2. The molecule has 5 rings (SSSR count). The molecular formula is C18H13N5O2S. The van der Waals surface area contributed by atoms with E-state index in [0.29, 0.717) is 34.0 Å². The number of aromatic nitrogens is 4. The number of benzene rings is 1. The minimum atomic E-state index is -0.120. The Morgan fingerprint density at radius 2 is 2.12 bits per heavy atom. The van der Waals surface area contributed by atoms with Gasteiger partial charge in [-0.25, -0.2) is 15.0 Å². The quantitative estimate of drug-likeness (QED) is 0.529. The molecule has 4 heterocycles. The van der Waals surface area contributed by atoms with Gasteiger partial charge in [-0.2, -0.15) is 0 Å². The van der Waals surface area contributed by atoms with E-state index in [1.54, 1.807) is 0 Å². The van der Waals surface area contributed by atoms with Gasteiger partial charge in [0, 0.05) is 12.4 Å². The molecule has 0 saturated heterocycles. The fourth-order valence-corrected chi connectivity index (χ4v) is 3.80. The topological polar surface area (TPSA) is 87.9 Å². The minimum absolute atomic E-state index is 0.120. The van der Waals surface area contributed by atoms with Crippen LogP contribution < -0.4 is 10.5 Å². The lowest BCUT2D eigenvalue weighted by Gasteiger charge is -2.17. The number of rotatable bonds is 3. The molecule has 26 heavy (non-hydrogen) atoms. The van der Waals surface area contributed by atoms with Crippen molar-refractivity contribution in [1.29, 1.82) is 0 Å². The number of fused-ring (bicyclic) bond motifs is 4. The van der Waals surface area contributed by atoms with Crippen molar-refractivity contribution in [1.82, 2.24) is 19.9 Å². The average molecular weight is 363 g/mol. The smallest absolute Gasteiger partial charge is 0.268 e. The Labute approximate surface area is 150 Å². The van der Waals surface area contributed by atoms with Gasteiger partial charge in [-0.05, 0) is 23.6 Å². The molecule has 128 valence electrons. The van der Waals surface area contributed by atoms with Gasteiger partial charge >= 0.3 is 0 Å². The first kappa shape index (κ1) is 15.0. The fourth-order valence-electron chi connectivity index (χ4n) is 3.08. The molecule has 1 aromatic carbocycles. The number of H-pyrrole nitrogens is 1. The van der Waals surface area contributed by atoms with E-state index in [4.69, 9.17) is 4.42 Å². The first-order chi connectivity index (χ1) is 12.7. The maximum Gasteiger partial charge on any atom is 0.268 e. The summed E-state index contributed by atoms with van der Waals surface area (Å²) in [5.41, 5.74) is 2.75. The molecule has 0 atom stereocenters. The number of nitrogens with zero attached hydrogens (tertiary/aromatic N) is 4. The van der Waals surface area contributed by atoms with Crippen LogP contribution in [0.4, 0.5) is 5.82 Å². The summed E-state index contributed by atoms with van der Waals surface area (Å²) in [5, 5.41) is 2.81. The average Bonchev–Trinajstić information content (AvgIpc) is 3.25. The second-order valence-corrected chi connectivity index (χ2v) is 6.89. The van der Waals surface area contributed by atoms with Crippen LogP contribution in [-0.2, 0) is 6.54 Å². The molecule has 8 heteroatoms. The Balaban J connectivity index is 1.59. The molecule has 1 N–H and O–H groups in total. The predicted octanol–water partition coefficient (Wildman–Crippen LogP) is 3.31. The normalized spacial score (nSPS) is 11.6. The monoisotopic (exact) mass is 363 g/mol. The van der Waals surface area contributed by atoms with Gasteiger partial charge in [0.05, 0.1) is 12.1 Å². The lowest BCUT2D eigenvalue weighted by Crippen LogP contribution is -2.22. The van der Waals surface area contributed by atoms with Gasteiger partial charge < -0.3 is 14.3 Å². The van der Waals surface area contributed by atoms with Gasteiger partial charge in [-0.1, -0.05) is 12.1 Å². The zero-order valence-electron chi connectivity index (χ0n) is 13.8. The Bertz CT molecular complexity index is 1320. The van der Waals surface area contributed by atoms with Crippen LogP contribution in [0.15, 0.2) is 51.3 Å². The van der Waals surface area contributed by atoms with Crippen LogP contribution in [0.1, 0.15) is 5.82 Å². The number of para-hydroxylation sites is 1. The summed E-state index contributed by atoms with van der Waals surface area (Å²) in [6.45, 7) is 0.393. The molecule has 0 saturated carbocycles. The van der Waals surface area contributed by atoms with Crippen molar-refractivity contribution in [3.63, 3.8) is 0 Å². The van der Waals surface area contributed by atoms with E-state index in [9.17, 15) is 4.79 Å². The van der Waals surface area contributed by atoms with Gasteiger partial charge in [0.25, 0.3) is 5.56 Å². The lowest BCUT2D eigenvalue weighted by molar-refractivity contribution is 0.661. The second kappa shape index (κ2) is 5.63. The minimum Gasteiger partial charge on any atom is -0.450 e. The van der Waals surface area contributed by atoms with Crippen LogP contribution in [0, 0.1) is 0 Å². The Morgan fingerprint density at radius 3 is 3.04 bits per heavy atom. The summed E-state index contributed by atoms with van der Waals surface area (Å²) in [6, 6.07) is 9.60.